The van der Waals surface area contributed by atoms with E-state index in [0.717, 1.165) is 5.76 Å². The molecule has 84 valence electrons. The average Bonchev–Trinajstić information content (AvgIpc) is 2.57. The summed E-state index contributed by atoms with van der Waals surface area (Å²) in [6, 6.07) is 3.49. The smallest absolute Gasteiger partial charge is 0.156 e. The first kappa shape index (κ1) is 10.7. The van der Waals surface area contributed by atoms with Crippen molar-refractivity contribution in [2.75, 3.05) is 12.3 Å². The van der Waals surface area contributed by atoms with Crippen molar-refractivity contribution in [1.82, 2.24) is 5.32 Å². The van der Waals surface area contributed by atoms with Crippen LogP contribution in [-0.2, 0) is 9.84 Å². The molecule has 1 N–H and O–H groups in total. The van der Waals surface area contributed by atoms with Crippen LogP contribution in [0, 0.1) is 6.92 Å². The normalized spacial score (nSPS) is 30.3. The zero-order valence-corrected chi connectivity index (χ0v) is 9.67. The fraction of sp³-hybridized carbons (Fsp3) is 0.600. The van der Waals surface area contributed by atoms with Gasteiger partial charge in [0.2, 0.25) is 0 Å². The molecule has 1 fully saturated rings. The van der Waals surface area contributed by atoms with Crippen molar-refractivity contribution >= 4 is 9.84 Å². The van der Waals surface area contributed by atoms with Crippen LogP contribution in [0.15, 0.2) is 16.5 Å². The van der Waals surface area contributed by atoms with Gasteiger partial charge in [0.05, 0.1) is 17.0 Å². The summed E-state index contributed by atoms with van der Waals surface area (Å²) in [5, 5.41) is 2.88. The van der Waals surface area contributed by atoms with Crippen LogP contribution >= 0.6 is 0 Å². The molecule has 1 aromatic heterocycles. The lowest BCUT2D eigenvalue weighted by molar-refractivity contribution is 0.404. The van der Waals surface area contributed by atoms with E-state index in [1.54, 1.807) is 6.92 Å². The Morgan fingerprint density at radius 1 is 1.47 bits per heavy atom. The summed E-state index contributed by atoms with van der Waals surface area (Å²) >= 11 is 0. The average molecular weight is 229 g/mol. The predicted octanol–water partition coefficient (Wildman–Crippen LogP) is 1.04. The fourth-order valence-corrected chi connectivity index (χ4v) is 3.14. The van der Waals surface area contributed by atoms with Crippen molar-refractivity contribution in [3.05, 3.63) is 23.7 Å². The minimum Gasteiger partial charge on any atom is -0.465 e. The van der Waals surface area contributed by atoms with Gasteiger partial charge < -0.3 is 9.73 Å². The van der Waals surface area contributed by atoms with Crippen molar-refractivity contribution in [1.29, 1.82) is 0 Å². The van der Waals surface area contributed by atoms with Crippen molar-refractivity contribution in [3.8, 4) is 0 Å². The minimum atomic E-state index is -2.97. The maximum Gasteiger partial charge on any atom is 0.156 e. The molecule has 2 heterocycles. The van der Waals surface area contributed by atoms with Crippen LogP contribution in [0.4, 0.5) is 0 Å². The maximum absolute atomic E-state index is 11.7. The lowest BCUT2D eigenvalue weighted by Gasteiger charge is -2.26. The lowest BCUT2D eigenvalue weighted by Crippen LogP contribution is -2.44. The summed E-state index contributed by atoms with van der Waals surface area (Å²) in [5.74, 6) is 1.65. The molecule has 1 aliphatic rings. The van der Waals surface area contributed by atoms with E-state index in [4.69, 9.17) is 4.42 Å². The van der Waals surface area contributed by atoms with Gasteiger partial charge >= 0.3 is 0 Å². The highest BCUT2D eigenvalue weighted by molar-refractivity contribution is 7.92. The second-order valence-corrected chi connectivity index (χ2v) is 6.51. The molecule has 2 unspecified atom stereocenters. The quantitative estimate of drug-likeness (QED) is 0.781. The van der Waals surface area contributed by atoms with Crippen LogP contribution in [-0.4, -0.2) is 26.0 Å². The van der Waals surface area contributed by atoms with E-state index < -0.39 is 9.84 Å². The zero-order valence-electron chi connectivity index (χ0n) is 8.86. The molecule has 15 heavy (non-hydrogen) atoms. The first-order valence-corrected chi connectivity index (χ1v) is 6.72. The molecule has 2 atom stereocenters. The van der Waals surface area contributed by atoms with Gasteiger partial charge in [0.1, 0.15) is 11.5 Å². The van der Waals surface area contributed by atoms with Crippen LogP contribution in [0.25, 0.3) is 0 Å². The Morgan fingerprint density at radius 2 is 2.20 bits per heavy atom. The molecule has 0 spiro atoms. The molecule has 0 bridgehead atoms. The maximum atomic E-state index is 11.7. The van der Waals surface area contributed by atoms with Gasteiger partial charge in [0.25, 0.3) is 0 Å². The van der Waals surface area contributed by atoms with Crippen molar-refractivity contribution in [2.24, 2.45) is 0 Å². The van der Waals surface area contributed by atoms with Crippen LogP contribution < -0.4 is 5.32 Å². The predicted molar refractivity (Wildman–Crippen MR) is 57.4 cm³/mol. The van der Waals surface area contributed by atoms with Crippen LogP contribution in [0.2, 0.25) is 0 Å². The van der Waals surface area contributed by atoms with Gasteiger partial charge in [-0.1, -0.05) is 0 Å². The van der Waals surface area contributed by atoms with Crippen LogP contribution in [0.1, 0.15) is 24.5 Å². The summed E-state index contributed by atoms with van der Waals surface area (Å²) < 4.78 is 28.8. The summed E-state index contributed by atoms with van der Waals surface area (Å²) in [6.45, 7) is 4.07. The first-order chi connectivity index (χ1) is 6.99. The van der Waals surface area contributed by atoms with Gasteiger partial charge in [-0.25, -0.2) is 8.42 Å². The molecular formula is C10H15NO3S. The number of rotatable bonds is 1. The van der Waals surface area contributed by atoms with Gasteiger partial charge in [-0.05, 0) is 26.0 Å². The number of furan rings is 1. The largest absolute Gasteiger partial charge is 0.465 e. The Labute approximate surface area is 89.6 Å². The number of hydrogen-bond acceptors (Lipinski definition) is 4. The standard InChI is InChI=1S/C10H15NO3S/c1-7-3-4-10(14-7)9-6-15(12,13)8(2)5-11-9/h3-4,8-9,11H,5-6H2,1-2H3. The van der Waals surface area contributed by atoms with E-state index in [1.165, 1.54) is 0 Å². The van der Waals surface area contributed by atoms with Crippen LogP contribution in [0.3, 0.4) is 0 Å². The van der Waals surface area contributed by atoms with E-state index in [9.17, 15) is 8.42 Å². The first-order valence-electron chi connectivity index (χ1n) is 5.00. The molecule has 0 saturated carbocycles. The van der Waals surface area contributed by atoms with E-state index in [2.05, 4.69) is 5.32 Å². The third kappa shape index (κ3) is 2.08. The molecule has 1 aromatic rings. The summed E-state index contributed by atoms with van der Waals surface area (Å²) in [6.07, 6.45) is 0. The zero-order chi connectivity index (χ0) is 11.1. The fourth-order valence-electron chi connectivity index (χ4n) is 1.71. The molecule has 4 nitrogen and oxygen atoms in total. The number of aryl methyl sites for hydroxylation is 1. The minimum absolute atomic E-state index is 0.126. The van der Waals surface area contributed by atoms with E-state index in [-0.39, 0.29) is 17.0 Å². The Balaban J connectivity index is 2.20. The summed E-state index contributed by atoms with van der Waals surface area (Å²) in [4.78, 5) is 0. The molecular weight excluding hydrogens is 214 g/mol. The Hall–Kier alpha value is -0.810. The highest BCUT2D eigenvalue weighted by Gasteiger charge is 2.32. The van der Waals surface area contributed by atoms with Crippen molar-refractivity contribution in [2.45, 2.75) is 25.1 Å². The highest BCUT2D eigenvalue weighted by Crippen LogP contribution is 2.23. The summed E-state index contributed by atoms with van der Waals surface area (Å²) in [7, 11) is -2.97. The van der Waals surface area contributed by atoms with Crippen molar-refractivity contribution in [3.63, 3.8) is 0 Å². The van der Waals surface area contributed by atoms with Gasteiger partial charge in [-0.3, -0.25) is 0 Å². The molecule has 0 radical (unpaired) electrons. The Morgan fingerprint density at radius 3 is 2.73 bits per heavy atom. The summed E-state index contributed by atoms with van der Waals surface area (Å²) in [5.41, 5.74) is 0. The van der Waals surface area contributed by atoms with Crippen LogP contribution in [0.5, 0.6) is 0 Å². The second-order valence-electron chi connectivity index (χ2n) is 4.05. The van der Waals surface area contributed by atoms with Gasteiger partial charge in [-0.2, -0.15) is 0 Å². The lowest BCUT2D eigenvalue weighted by atomic mass is 10.2. The van der Waals surface area contributed by atoms with Gasteiger partial charge in [0, 0.05) is 6.54 Å². The highest BCUT2D eigenvalue weighted by atomic mass is 32.2. The van der Waals surface area contributed by atoms with E-state index in [0.29, 0.717) is 12.3 Å². The second kappa shape index (κ2) is 3.64. The van der Waals surface area contributed by atoms with E-state index in [1.807, 2.05) is 19.1 Å². The van der Waals surface area contributed by atoms with Crippen molar-refractivity contribution < 1.29 is 12.8 Å². The van der Waals surface area contributed by atoms with Gasteiger partial charge in [0.15, 0.2) is 9.84 Å². The van der Waals surface area contributed by atoms with Gasteiger partial charge in [-0.15, -0.1) is 0 Å². The molecule has 0 aliphatic carbocycles. The molecule has 1 aliphatic heterocycles. The third-order valence-electron chi connectivity index (χ3n) is 2.77. The number of nitrogens with one attached hydrogen (secondary N) is 1. The SMILES string of the molecule is Cc1ccc(C2CS(=O)(=O)C(C)CN2)o1. The Bertz CT molecular complexity index is 449. The monoisotopic (exact) mass is 229 g/mol. The third-order valence-corrected chi connectivity index (χ3v) is 4.96. The molecule has 2 rings (SSSR count). The topological polar surface area (TPSA) is 59.3 Å². The molecule has 0 aromatic carbocycles. The van der Waals surface area contributed by atoms with E-state index >= 15 is 0 Å². The number of hydrogen-bond donors (Lipinski definition) is 1. The molecule has 0 amide bonds. The number of sulfone groups is 1. The Kier molecular flexibility index (Phi) is 2.60. The molecule has 1 saturated heterocycles. The molecule has 5 heteroatoms.